The van der Waals surface area contributed by atoms with Gasteiger partial charge in [0.1, 0.15) is 12.4 Å². The molecule has 3 heteroatoms. The van der Waals surface area contributed by atoms with Gasteiger partial charge in [-0.2, -0.15) is 0 Å². The van der Waals surface area contributed by atoms with Crippen molar-refractivity contribution in [3.8, 4) is 11.5 Å². The third kappa shape index (κ3) is 2.13. The van der Waals surface area contributed by atoms with Gasteiger partial charge in [-0.15, -0.1) is 0 Å². The molecule has 15 heavy (non-hydrogen) atoms. The Morgan fingerprint density at radius 1 is 1.27 bits per heavy atom. The Kier molecular flexibility index (Phi) is 2.92. The van der Waals surface area contributed by atoms with Crippen molar-refractivity contribution < 1.29 is 14.6 Å². The topological polar surface area (TPSA) is 38.7 Å². The Morgan fingerprint density at radius 3 is 2.73 bits per heavy atom. The molecule has 1 atom stereocenters. The van der Waals surface area contributed by atoms with Crippen LogP contribution >= 0.6 is 0 Å². The van der Waals surface area contributed by atoms with Crippen molar-refractivity contribution in [3.05, 3.63) is 36.3 Å². The highest BCUT2D eigenvalue weighted by Gasteiger charge is 2.19. The number of fused-ring (bicyclic) bond motifs is 1. The van der Waals surface area contributed by atoms with Crippen LogP contribution < -0.4 is 9.47 Å². The predicted molar refractivity (Wildman–Crippen MR) is 56.7 cm³/mol. The first-order valence-corrected chi connectivity index (χ1v) is 5.13. The molecule has 3 nitrogen and oxygen atoms in total. The van der Waals surface area contributed by atoms with Gasteiger partial charge in [0, 0.05) is 0 Å². The highest BCUT2D eigenvalue weighted by molar-refractivity contribution is 5.43. The Balaban J connectivity index is 2.12. The van der Waals surface area contributed by atoms with Gasteiger partial charge in [0.05, 0.1) is 0 Å². The highest BCUT2D eigenvalue weighted by atomic mass is 16.6. The summed E-state index contributed by atoms with van der Waals surface area (Å²) in [6, 6.07) is 7.40. The van der Waals surface area contributed by atoms with Crippen LogP contribution in [0.4, 0.5) is 0 Å². The smallest absolute Gasteiger partial charge is 0.169 e. The maximum absolute atomic E-state index is 9.73. The zero-order valence-corrected chi connectivity index (χ0v) is 8.64. The Morgan fingerprint density at radius 2 is 2.00 bits per heavy atom. The second kappa shape index (κ2) is 4.36. The first-order chi connectivity index (χ1) is 7.31. The lowest BCUT2D eigenvalue weighted by Gasteiger charge is -2.20. The van der Waals surface area contributed by atoms with Gasteiger partial charge in [-0.1, -0.05) is 25.5 Å². The number of aliphatic hydroxyl groups excluding tert-OH is 1. The summed E-state index contributed by atoms with van der Waals surface area (Å²) in [5.41, 5.74) is 0. The van der Waals surface area contributed by atoms with E-state index in [9.17, 15) is 5.11 Å². The number of benzene rings is 1. The van der Waals surface area contributed by atoms with E-state index in [1.165, 1.54) is 6.26 Å². The van der Waals surface area contributed by atoms with Crippen LogP contribution in [-0.2, 0) is 0 Å². The van der Waals surface area contributed by atoms with Crippen LogP contribution in [0.15, 0.2) is 36.3 Å². The summed E-state index contributed by atoms with van der Waals surface area (Å²) in [7, 11) is 0. The Bertz CT molecular complexity index is 371. The SMILES string of the molecule is CCCC(O)C1=COc2ccccc2O1. The molecule has 0 aromatic heterocycles. The molecule has 1 aliphatic rings. The normalized spacial score (nSPS) is 15.7. The minimum Gasteiger partial charge on any atom is -0.457 e. The highest BCUT2D eigenvalue weighted by Crippen LogP contribution is 2.32. The third-order valence-electron chi connectivity index (χ3n) is 2.27. The van der Waals surface area contributed by atoms with E-state index in [-0.39, 0.29) is 0 Å². The Labute approximate surface area is 88.9 Å². The number of para-hydroxylation sites is 2. The van der Waals surface area contributed by atoms with Crippen LogP contribution in [-0.4, -0.2) is 11.2 Å². The van der Waals surface area contributed by atoms with Gasteiger partial charge in [-0.05, 0) is 18.6 Å². The number of ether oxygens (including phenoxy) is 2. The average molecular weight is 206 g/mol. The maximum atomic E-state index is 9.73. The van der Waals surface area contributed by atoms with Gasteiger partial charge < -0.3 is 14.6 Å². The van der Waals surface area contributed by atoms with Crippen molar-refractivity contribution in [1.82, 2.24) is 0 Å². The van der Waals surface area contributed by atoms with Crippen molar-refractivity contribution in [2.24, 2.45) is 0 Å². The van der Waals surface area contributed by atoms with E-state index in [0.29, 0.717) is 23.7 Å². The van der Waals surface area contributed by atoms with Crippen molar-refractivity contribution in [1.29, 1.82) is 0 Å². The molecule has 0 bridgehead atoms. The second-order valence-corrected chi connectivity index (χ2v) is 3.49. The van der Waals surface area contributed by atoms with Crippen LogP contribution in [0, 0.1) is 0 Å². The fourth-order valence-electron chi connectivity index (χ4n) is 1.47. The van der Waals surface area contributed by atoms with Crippen LogP contribution in [0.25, 0.3) is 0 Å². The fraction of sp³-hybridized carbons (Fsp3) is 0.333. The summed E-state index contributed by atoms with van der Waals surface area (Å²) < 4.78 is 10.9. The van der Waals surface area contributed by atoms with Crippen molar-refractivity contribution in [2.45, 2.75) is 25.9 Å². The van der Waals surface area contributed by atoms with E-state index in [0.717, 1.165) is 6.42 Å². The fourth-order valence-corrected chi connectivity index (χ4v) is 1.47. The summed E-state index contributed by atoms with van der Waals surface area (Å²) >= 11 is 0. The first-order valence-electron chi connectivity index (χ1n) is 5.13. The van der Waals surface area contributed by atoms with Crippen LogP contribution in [0.1, 0.15) is 19.8 Å². The Hall–Kier alpha value is -1.48. The zero-order valence-electron chi connectivity index (χ0n) is 8.64. The van der Waals surface area contributed by atoms with E-state index >= 15 is 0 Å². The quantitative estimate of drug-likeness (QED) is 0.825. The molecule has 0 saturated heterocycles. The lowest BCUT2D eigenvalue weighted by Crippen LogP contribution is -2.18. The largest absolute Gasteiger partial charge is 0.457 e. The summed E-state index contributed by atoms with van der Waals surface area (Å²) in [5.74, 6) is 1.82. The molecule has 1 aliphatic heterocycles. The molecule has 0 aliphatic carbocycles. The molecule has 0 fully saturated rings. The molecule has 1 aromatic rings. The van der Waals surface area contributed by atoms with Gasteiger partial charge in [0.25, 0.3) is 0 Å². The van der Waals surface area contributed by atoms with Crippen LogP contribution in [0.3, 0.4) is 0 Å². The maximum Gasteiger partial charge on any atom is 0.169 e. The number of aliphatic hydroxyl groups is 1. The summed E-state index contributed by atoms with van der Waals surface area (Å²) in [6.45, 7) is 2.02. The molecule has 0 spiro atoms. The zero-order chi connectivity index (χ0) is 10.7. The van der Waals surface area contributed by atoms with Crippen molar-refractivity contribution in [3.63, 3.8) is 0 Å². The molecular weight excluding hydrogens is 192 g/mol. The molecular formula is C12H14O3. The van der Waals surface area contributed by atoms with Crippen molar-refractivity contribution >= 4 is 0 Å². The lowest BCUT2D eigenvalue weighted by atomic mass is 10.2. The molecule has 2 rings (SSSR count). The van der Waals surface area contributed by atoms with E-state index in [1.54, 1.807) is 0 Å². The van der Waals surface area contributed by atoms with Crippen molar-refractivity contribution in [2.75, 3.05) is 0 Å². The van der Waals surface area contributed by atoms with Gasteiger partial charge in [-0.3, -0.25) is 0 Å². The number of rotatable bonds is 3. The van der Waals surface area contributed by atoms with E-state index < -0.39 is 6.10 Å². The minimum atomic E-state index is -0.580. The van der Waals surface area contributed by atoms with Gasteiger partial charge >= 0.3 is 0 Å². The van der Waals surface area contributed by atoms with Crippen LogP contribution in [0.2, 0.25) is 0 Å². The summed E-state index contributed by atoms with van der Waals surface area (Å²) in [6.07, 6.45) is 2.48. The van der Waals surface area contributed by atoms with Gasteiger partial charge in [0.2, 0.25) is 0 Å². The third-order valence-corrected chi connectivity index (χ3v) is 2.27. The monoisotopic (exact) mass is 206 g/mol. The average Bonchev–Trinajstić information content (AvgIpc) is 2.29. The first kappa shape index (κ1) is 10.1. The molecule has 1 unspecified atom stereocenters. The minimum absolute atomic E-state index is 0.482. The number of hydrogen-bond acceptors (Lipinski definition) is 3. The second-order valence-electron chi connectivity index (χ2n) is 3.49. The van der Waals surface area contributed by atoms with E-state index in [2.05, 4.69) is 0 Å². The van der Waals surface area contributed by atoms with E-state index in [4.69, 9.17) is 9.47 Å². The van der Waals surface area contributed by atoms with Gasteiger partial charge in [-0.25, -0.2) is 0 Å². The summed E-state index contributed by atoms with van der Waals surface area (Å²) in [4.78, 5) is 0. The van der Waals surface area contributed by atoms with Gasteiger partial charge in [0.15, 0.2) is 17.3 Å². The lowest BCUT2D eigenvalue weighted by molar-refractivity contribution is 0.137. The molecule has 1 N–H and O–H groups in total. The predicted octanol–water partition coefficient (Wildman–Crippen LogP) is 2.46. The standard InChI is InChI=1S/C12H14O3/c1-2-5-9(13)12-8-14-10-6-3-4-7-11(10)15-12/h3-4,6-9,13H,2,5H2,1H3. The molecule has 1 heterocycles. The molecule has 80 valence electrons. The van der Waals surface area contributed by atoms with Crippen LogP contribution in [0.5, 0.6) is 11.5 Å². The summed E-state index contributed by atoms with van der Waals surface area (Å²) in [5, 5.41) is 9.73. The van der Waals surface area contributed by atoms with E-state index in [1.807, 2.05) is 31.2 Å². The molecule has 0 amide bonds. The molecule has 0 radical (unpaired) electrons. The molecule has 1 aromatic carbocycles. The number of hydrogen-bond donors (Lipinski definition) is 1. The molecule has 0 saturated carbocycles.